The van der Waals surface area contributed by atoms with Gasteiger partial charge in [0.1, 0.15) is 5.54 Å². The molecule has 0 aromatic heterocycles. The van der Waals surface area contributed by atoms with Crippen molar-refractivity contribution in [3.05, 3.63) is 0 Å². The summed E-state index contributed by atoms with van der Waals surface area (Å²) in [5, 5.41) is 12.7. The summed E-state index contributed by atoms with van der Waals surface area (Å²) in [6.07, 6.45) is 3.37. The summed E-state index contributed by atoms with van der Waals surface area (Å²) in [6.45, 7) is 7.67. The van der Waals surface area contributed by atoms with Gasteiger partial charge >= 0.3 is 6.03 Å². The van der Waals surface area contributed by atoms with Crippen LogP contribution in [0.2, 0.25) is 0 Å². The first-order chi connectivity index (χ1) is 9.15. The summed E-state index contributed by atoms with van der Waals surface area (Å²) in [5.74, 6) is 1.09. The SMILES string of the molecule is CC(C)C1CCC2(CC1)NC(=O)N(CC(C)(C)O)C2=O. The van der Waals surface area contributed by atoms with Crippen LogP contribution in [0, 0.1) is 11.8 Å². The third kappa shape index (κ3) is 2.82. The van der Waals surface area contributed by atoms with Crippen LogP contribution in [0.15, 0.2) is 0 Å². The van der Waals surface area contributed by atoms with Crippen molar-refractivity contribution in [2.45, 2.75) is 64.5 Å². The number of hydrogen-bond acceptors (Lipinski definition) is 3. The molecule has 5 heteroatoms. The highest BCUT2D eigenvalue weighted by molar-refractivity contribution is 6.07. The standard InChI is InChI=1S/C15H26N2O3/c1-10(2)11-5-7-15(8-6-11)12(18)17(13(19)16-15)9-14(3,4)20/h10-11,20H,5-9H2,1-4H3,(H,16,19). The Bertz CT molecular complexity index is 404. The molecular weight excluding hydrogens is 256 g/mol. The lowest BCUT2D eigenvalue weighted by Crippen LogP contribution is -2.50. The van der Waals surface area contributed by atoms with Gasteiger partial charge in [0.2, 0.25) is 0 Å². The van der Waals surface area contributed by atoms with Gasteiger partial charge in [0.05, 0.1) is 12.1 Å². The number of nitrogens with one attached hydrogen (secondary N) is 1. The smallest absolute Gasteiger partial charge is 0.325 e. The normalized spacial score (nSPS) is 31.3. The summed E-state index contributed by atoms with van der Waals surface area (Å²) in [6, 6.07) is -0.361. The van der Waals surface area contributed by atoms with Crippen LogP contribution in [0.3, 0.4) is 0 Å². The topological polar surface area (TPSA) is 69.6 Å². The number of carbonyl (C=O) groups excluding carboxylic acids is 2. The number of urea groups is 1. The number of hydrogen-bond donors (Lipinski definition) is 2. The van der Waals surface area contributed by atoms with Crippen LogP contribution in [0.25, 0.3) is 0 Å². The highest BCUT2D eigenvalue weighted by atomic mass is 16.3. The number of carbonyl (C=O) groups is 2. The fraction of sp³-hybridized carbons (Fsp3) is 0.867. The van der Waals surface area contributed by atoms with Crippen molar-refractivity contribution >= 4 is 11.9 Å². The molecule has 1 aliphatic carbocycles. The van der Waals surface area contributed by atoms with Gasteiger partial charge in [0.15, 0.2) is 0 Å². The van der Waals surface area contributed by atoms with E-state index in [1.165, 1.54) is 4.90 Å². The van der Waals surface area contributed by atoms with Gasteiger partial charge in [-0.05, 0) is 51.4 Å². The number of imide groups is 1. The maximum absolute atomic E-state index is 12.6. The second kappa shape index (κ2) is 5.02. The van der Waals surface area contributed by atoms with E-state index in [0.29, 0.717) is 24.7 Å². The van der Waals surface area contributed by atoms with Crippen LogP contribution >= 0.6 is 0 Å². The molecule has 0 aromatic carbocycles. The zero-order chi connectivity index (χ0) is 15.1. The third-order valence-corrected chi connectivity index (χ3v) is 4.62. The number of rotatable bonds is 3. The Kier molecular flexibility index (Phi) is 3.84. The first-order valence-corrected chi connectivity index (χ1v) is 7.51. The predicted molar refractivity (Wildman–Crippen MR) is 76.1 cm³/mol. The van der Waals surface area contributed by atoms with Crippen molar-refractivity contribution in [3.63, 3.8) is 0 Å². The van der Waals surface area contributed by atoms with Crippen LogP contribution in [-0.2, 0) is 4.79 Å². The Morgan fingerprint density at radius 3 is 2.35 bits per heavy atom. The van der Waals surface area contributed by atoms with Crippen LogP contribution in [0.5, 0.6) is 0 Å². The van der Waals surface area contributed by atoms with Gasteiger partial charge in [-0.3, -0.25) is 9.69 Å². The lowest BCUT2D eigenvalue weighted by atomic mass is 9.73. The van der Waals surface area contributed by atoms with Crippen molar-refractivity contribution in [2.24, 2.45) is 11.8 Å². The molecule has 2 aliphatic rings. The Labute approximate surface area is 120 Å². The molecule has 1 saturated carbocycles. The average Bonchev–Trinajstić information content (AvgIpc) is 2.53. The molecule has 3 amide bonds. The van der Waals surface area contributed by atoms with E-state index >= 15 is 0 Å². The van der Waals surface area contributed by atoms with E-state index in [4.69, 9.17) is 0 Å². The lowest BCUT2D eigenvalue weighted by molar-refractivity contribution is -0.134. The quantitative estimate of drug-likeness (QED) is 0.777. The number of β-amino-alcohol motifs (C(OH)–C–C–N with tert-alkyl or cyclic N) is 1. The first-order valence-electron chi connectivity index (χ1n) is 7.51. The van der Waals surface area contributed by atoms with Crippen LogP contribution in [-0.4, -0.2) is 39.6 Å². The monoisotopic (exact) mass is 282 g/mol. The van der Waals surface area contributed by atoms with Gasteiger partial charge in [-0.2, -0.15) is 0 Å². The Morgan fingerprint density at radius 2 is 1.90 bits per heavy atom. The minimum absolute atomic E-state index is 0.0486. The predicted octanol–water partition coefficient (Wildman–Crippen LogP) is 1.89. The molecule has 0 bridgehead atoms. The number of aliphatic hydroxyl groups is 1. The van der Waals surface area contributed by atoms with Crippen LogP contribution < -0.4 is 5.32 Å². The highest BCUT2D eigenvalue weighted by Gasteiger charge is 2.53. The van der Waals surface area contributed by atoms with Crippen molar-refractivity contribution in [1.29, 1.82) is 0 Å². The molecule has 2 fully saturated rings. The summed E-state index contributed by atoms with van der Waals surface area (Å²) in [5.41, 5.74) is -1.78. The third-order valence-electron chi connectivity index (χ3n) is 4.62. The largest absolute Gasteiger partial charge is 0.389 e. The van der Waals surface area contributed by atoms with Gasteiger partial charge in [-0.15, -0.1) is 0 Å². The summed E-state index contributed by atoms with van der Waals surface area (Å²) >= 11 is 0. The second-order valence-corrected chi connectivity index (χ2v) is 7.30. The van der Waals surface area contributed by atoms with E-state index in [0.717, 1.165) is 12.8 Å². The highest BCUT2D eigenvalue weighted by Crippen LogP contribution is 2.39. The molecule has 0 radical (unpaired) electrons. The van der Waals surface area contributed by atoms with Gasteiger partial charge in [-0.1, -0.05) is 13.8 Å². The Morgan fingerprint density at radius 1 is 1.35 bits per heavy atom. The zero-order valence-corrected chi connectivity index (χ0v) is 12.9. The Balaban J connectivity index is 2.09. The average molecular weight is 282 g/mol. The van der Waals surface area contributed by atoms with E-state index in [9.17, 15) is 14.7 Å². The maximum Gasteiger partial charge on any atom is 0.325 e. The summed E-state index contributed by atoms with van der Waals surface area (Å²) in [4.78, 5) is 25.8. The molecule has 2 N–H and O–H groups in total. The molecule has 2 rings (SSSR count). The van der Waals surface area contributed by atoms with E-state index in [2.05, 4.69) is 19.2 Å². The minimum atomic E-state index is -1.06. The van der Waals surface area contributed by atoms with Gasteiger partial charge in [0, 0.05) is 0 Å². The molecule has 1 aliphatic heterocycles. The summed E-state index contributed by atoms with van der Waals surface area (Å²) in [7, 11) is 0. The fourth-order valence-corrected chi connectivity index (χ4v) is 3.35. The summed E-state index contributed by atoms with van der Waals surface area (Å²) < 4.78 is 0. The Hall–Kier alpha value is -1.10. The molecule has 0 aromatic rings. The molecule has 114 valence electrons. The molecule has 5 nitrogen and oxygen atoms in total. The fourth-order valence-electron chi connectivity index (χ4n) is 3.35. The molecule has 20 heavy (non-hydrogen) atoms. The van der Waals surface area contributed by atoms with Crippen molar-refractivity contribution in [3.8, 4) is 0 Å². The molecule has 1 heterocycles. The zero-order valence-electron chi connectivity index (χ0n) is 12.9. The van der Waals surface area contributed by atoms with Crippen LogP contribution in [0.4, 0.5) is 4.79 Å². The molecular formula is C15H26N2O3. The van der Waals surface area contributed by atoms with Crippen molar-refractivity contribution in [2.75, 3.05) is 6.54 Å². The molecule has 1 saturated heterocycles. The minimum Gasteiger partial charge on any atom is -0.389 e. The van der Waals surface area contributed by atoms with Crippen molar-refractivity contribution < 1.29 is 14.7 Å². The van der Waals surface area contributed by atoms with Gasteiger partial charge in [-0.25, -0.2) is 4.79 Å². The number of amides is 3. The first kappa shape index (κ1) is 15.3. The maximum atomic E-state index is 12.6. The number of nitrogens with zero attached hydrogens (tertiary/aromatic N) is 1. The molecule has 0 unspecified atom stereocenters. The van der Waals surface area contributed by atoms with Gasteiger partial charge < -0.3 is 10.4 Å². The van der Waals surface area contributed by atoms with E-state index < -0.39 is 11.1 Å². The van der Waals surface area contributed by atoms with E-state index in [1.807, 2.05) is 0 Å². The van der Waals surface area contributed by atoms with Gasteiger partial charge in [0.25, 0.3) is 5.91 Å². The van der Waals surface area contributed by atoms with Crippen molar-refractivity contribution in [1.82, 2.24) is 10.2 Å². The molecule has 1 spiro atoms. The lowest BCUT2D eigenvalue weighted by Gasteiger charge is -2.36. The molecule has 0 atom stereocenters. The van der Waals surface area contributed by atoms with E-state index in [1.54, 1.807) is 13.8 Å². The second-order valence-electron chi connectivity index (χ2n) is 7.30. The van der Waals surface area contributed by atoms with Crippen LogP contribution in [0.1, 0.15) is 53.4 Å². The van der Waals surface area contributed by atoms with E-state index in [-0.39, 0.29) is 18.5 Å².